The van der Waals surface area contributed by atoms with Crippen LogP contribution in [0.25, 0.3) is 0 Å². The Labute approximate surface area is 124 Å². The van der Waals surface area contributed by atoms with Crippen LogP contribution >= 0.6 is 27.3 Å². The van der Waals surface area contributed by atoms with Crippen molar-refractivity contribution in [3.05, 3.63) is 50.4 Å². The van der Waals surface area contributed by atoms with E-state index >= 15 is 0 Å². The summed E-state index contributed by atoms with van der Waals surface area (Å²) in [7, 11) is 1.85. The van der Waals surface area contributed by atoms with Gasteiger partial charge in [0.05, 0.1) is 15.6 Å². The van der Waals surface area contributed by atoms with Gasteiger partial charge in [0.1, 0.15) is 5.82 Å². The van der Waals surface area contributed by atoms with Crippen molar-refractivity contribution in [2.75, 3.05) is 11.9 Å². The van der Waals surface area contributed by atoms with E-state index in [1.807, 2.05) is 23.4 Å². The molecule has 1 unspecified atom stereocenters. The van der Waals surface area contributed by atoms with Gasteiger partial charge in [-0.3, -0.25) is 0 Å². The molecule has 5 heteroatoms. The Morgan fingerprint density at radius 3 is 2.68 bits per heavy atom. The normalized spacial score (nSPS) is 12.5. The van der Waals surface area contributed by atoms with Gasteiger partial charge >= 0.3 is 0 Å². The largest absolute Gasteiger partial charge is 0.389 e. The Kier molecular flexibility index (Phi) is 4.60. The Hall–Kier alpha value is -0.910. The summed E-state index contributed by atoms with van der Waals surface area (Å²) in [6.07, 6.45) is -0.651. The van der Waals surface area contributed by atoms with Crippen molar-refractivity contribution >= 4 is 33.0 Å². The van der Waals surface area contributed by atoms with Crippen LogP contribution < -0.4 is 4.90 Å². The first-order valence-electron chi connectivity index (χ1n) is 5.89. The van der Waals surface area contributed by atoms with Crippen LogP contribution in [0.2, 0.25) is 0 Å². The number of nitrogens with zero attached hydrogens (tertiary/aromatic N) is 1. The molecule has 1 heterocycles. The Morgan fingerprint density at radius 1 is 1.42 bits per heavy atom. The minimum atomic E-state index is -0.651. The van der Waals surface area contributed by atoms with Gasteiger partial charge in [-0.05, 0) is 57.6 Å². The molecular weight excluding hydrogens is 329 g/mol. The topological polar surface area (TPSA) is 23.5 Å². The fourth-order valence-corrected chi connectivity index (χ4v) is 3.08. The van der Waals surface area contributed by atoms with E-state index in [9.17, 15) is 9.50 Å². The first-order chi connectivity index (χ1) is 8.97. The number of anilines is 1. The summed E-state index contributed by atoms with van der Waals surface area (Å²) < 4.78 is 15.1. The number of aliphatic hydroxyl groups excluding tert-OH is 1. The molecule has 2 rings (SSSR count). The number of hydrogen-bond acceptors (Lipinski definition) is 3. The van der Waals surface area contributed by atoms with Crippen LogP contribution in [-0.4, -0.2) is 12.2 Å². The van der Waals surface area contributed by atoms with Gasteiger partial charge in [0.25, 0.3) is 0 Å². The predicted octanol–water partition coefficient (Wildman–Crippen LogP) is 4.34. The third-order valence-electron chi connectivity index (χ3n) is 2.91. The maximum absolute atomic E-state index is 14.0. The minimum absolute atomic E-state index is 0.310. The van der Waals surface area contributed by atoms with Gasteiger partial charge in [0.2, 0.25) is 0 Å². The number of thiophene rings is 1. The third kappa shape index (κ3) is 3.55. The molecule has 1 aromatic carbocycles. The first-order valence-corrected chi connectivity index (χ1v) is 7.56. The molecular formula is C14H15BrFNOS. The van der Waals surface area contributed by atoms with Crippen LogP contribution in [0.5, 0.6) is 0 Å². The fraction of sp³-hybridized carbons (Fsp3) is 0.286. The van der Waals surface area contributed by atoms with Gasteiger partial charge in [-0.15, -0.1) is 11.3 Å². The lowest BCUT2D eigenvalue weighted by Crippen LogP contribution is -2.17. The van der Waals surface area contributed by atoms with E-state index < -0.39 is 6.10 Å². The summed E-state index contributed by atoms with van der Waals surface area (Å²) >= 11 is 5.03. The Bertz CT molecular complexity index is 570. The average molecular weight is 344 g/mol. The van der Waals surface area contributed by atoms with Gasteiger partial charge < -0.3 is 10.0 Å². The molecule has 0 saturated carbocycles. The molecule has 0 aliphatic rings. The summed E-state index contributed by atoms with van der Waals surface area (Å²) in [5, 5.41) is 11.5. The molecule has 0 fully saturated rings. The van der Waals surface area contributed by atoms with Crippen molar-refractivity contribution in [1.82, 2.24) is 0 Å². The fourth-order valence-electron chi connectivity index (χ4n) is 1.88. The summed E-state index contributed by atoms with van der Waals surface area (Å²) in [4.78, 5) is 1.86. The van der Waals surface area contributed by atoms with Gasteiger partial charge in [-0.25, -0.2) is 4.39 Å². The number of halogens is 2. The number of hydrogen-bond donors (Lipinski definition) is 1. The van der Waals surface area contributed by atoms with Crippen molar-refractivity contribution in [2.45, 2.75) is 19.6 Å². The zero-order chi connectivity index (χ0) is 14.0. The molecule has 0 bridgehead atoms. The maximum Gasteiger partial charge on any atom is 0.146 e. The molecule has 0 aliphatic carbocycles. The second-order valence-corrected chi connectivity index (χ2v) is 6.79. The summed E-state index contributed by atoms with van der Waals surface area (Å²) in [5.41, 5.74) is 2.26. The molecule has 0 radical (unpaired) electrons. The lowest BCUT2D eigenvalue weighted by atomic mass is 10.1. The number of rotatable bonds is 4. The van der Waals surface area contributed by atoms with Crippen LogP contribution in [0, 0.1) is 5.82 Å². The lowest BCUT2D eigenvalue weighted by molar-refractivity contribution is 0.199. The molecule has 19 heavy (non-hydrogen) atoms. The van der Waals surface area contributed by atoms with E-state index in [2.05, 4.69) is 15.9 Å². The van der Waals surface area contributed by atoms with E-state index in [-0.39, 0.29) is 5.82 Å². The van der Waals surface area contributed by atoms with Crippen molar-refractivity contribution < 1.29 is 9.50 Å². The van der Waals surface area contributed by atoms with Crippen molar-refractivity contribution in [1.29, 1.82) is 0 Å². The highest BCUT2D eigenvalue weighted by molar-refractivity contribution is 9.11. The number of aliphatic hydroxyl groups is 1. The van der Waals surface area contributed by atoms with Crippen LogP contribution in [0.15, 0.2) is 33.4 Å². The van der Waals surface area contributed by atoms with E-state index in [4.69, 9.17) is 0 Å². The second kappa shape index (κ2) is 6.03. The highest BCUT2D eigenvalue weighted by Gasteiger charge is 2.11. The number of benzene rings is 1. The predicted molar refractivity (Wildman–Crippen MR) is 81.2 cm³/mol. The standard InChI is InChI=1S/C14H15BrFNOS/c1-9(18)11-3-4-13(12(16)6-11)17(2)7-10-5-14(15)19-8-10/h3-6,8-9,18H,7H2,1-2H3. The molecule has 0 amide bonds. The lowest BCUT2D eigenvalue weighted by Gasteiger charge is -2.20. The molecule has 1 atom stereocenters. The zero-order valence-corrected chi connectivity index (χ0v) is 13.1. The van der Waals surface area contributed by atoms with Crippen LogP contribution in [0.3, 0.4) is 0 Å². The monoisotopic (exact) mass is 343 g/mol. The second-order valence-electron chi connectivity index (χ2n) is 4.50. The zero-order valence-electron chi connectivity index (χ0n) is 10.7. The van der Waals surface area contributed by atoms with Gasteiger partial charge in [0, 0.05) is 13.6 Å². The van der Waals surface area contributed by atoms with Gasteiger partial charge in [0.15, 0.2) is 0 Å². The SMILES string of the molecule is CC(O)c1ccc(N(C)Cc2csc(Br)c2)c(F)c1. The van der Waals surface area contributed by atoms with Gasteiger partial charge in [-0.1, -0.05) is 6.07 Å². The van der Waals surface area contributed by atoms with Crippen molar-refractivity contribution in [3.63, 3.8) is 0 Å². The Morgan fingerprint density at radius 2 is 2.16 bits per heavy atom. The minimum Gasteiger partial charge on any atom is -0.389 e. The van der Waals surface area contributed by atoms with Crippen LogP contribution in [-0.2, 0) is 6.54 Å². The van der Waals surface area contributed by atoms with E-state index in [1.54, 1.807) is 30.4 Å². The molecule has 0 aliphatic heterocycles. The van der Waals surface area contributed by atoms with E-state index in [0.29, 0.717) is 17.8 Å². The molecule has 2 nitrogen and oxygen atoms in total. The van der Waals surface area contributed by atoms with Crippen molar-refractivity contribution in [3.8, 4) is 0 Å². The maximum atomic E-state index is 14.0. The summed E-state index contributed by atoms with van der Waals surface area (Å²) in [6.45, 7) is 2.27. The summed E-state index contributed by atoms with van der Waals surface area (Å²) in [5.74, 6) is -0.310. The Balaban J connectivity index is 2.17. The average Bonchev–Trinajstić information content (AvgIpc) is 2.74. The molecule has 1 aromatic heterocycles. The van der Waals surface area contributed by atoms with E-state index in [1.165, 1.54) is 6.07 Å². The summed E-state index contributed by atoms with van der Waals surface area (Å²) in [6, 6.07) is 6.88. The smallest absolute Gasteiger partial charge is 0.146 e. The van der Waals surface area contributed by atoms with Crippen LogP contribution in [0.4, 0.5) is 10.1 Å². The van der Waals surface area contributed by atoms with Gasteiger partial charge in [-0.2, -0.15) is 0 Å². The highest BCUT2D eigenvalue weighted by atomic mass is 79.9. The molecule has 1 N–H and O–H groups in total. The molecule has 0 spiro atoms. The molecule has 102 valence electrons. The molecule has 2 aromatic rings. The first kappa shape index (κ1) is 14.5. The third-order valence-corrected chi connectivity index (χ3v) is 4.46. The quantitative estimate of drug-likeness (QED) is 0.892. The van der Waals surface area contributed by atoms with Crippen LogP contribution in [0.1, 0.15) is 24.2 Å². The highest BCUT2D eigenvalue weighted by Crippen LogP contribution is 2.26. The van der Waals surface area contributed by atoms with E-state index in [0.717, 1.165) is 9.35 Å². The molecule has 0 saturated heterocycles. The van der Waals surface area contributed by atoms with Crippen molar-refractivity contribution in [2.24, 2.45) is 0 Å².